The largest absolute Gasteiger partial charge is 0.354 e. The second kappa shape index (κ2) is 6.55. The van der Waals surface area contributed by atoms with Crippen LogP contribution in [0.2, 0.25) is 0 Å². The molecule has 112 valence electrons. The summed E-state index contributed by atoms with van der Waals surface area (Å²) in [5, 5.41) is 3.55. The van der Waals surface area contributed by atoms with Gasteiger partial charge in [-0.15, -0.1) is 0 Å². The molecule has 1 aliphatic rings. The van der Waals surface area contributed by atoms with Crippen molar-refractivity contribution in [2.24, 2.45) is 11.7 Å². The molecule has 1 unspecified atom stereocenters. The van der Waals surface area contributed by atoms with Crippen molar-refractivity contribution >= 4 is 5.82 Å². The highest BCUT2D eigenvalue weighted by Gasteiger charge is 2.22. The van der Waals surface area contributed by atoms with Crippen LogP contribution in [0.3, 0.4) is 0 Å². The second-order valence-corrected chi connectivity index (χ2v) is 6.53. The Labute approximate surface area is 122 Å². The fourth-order valence-electron chi connectivity index (χ4n) is 2.96. The third-order valence-electron chi connectivity index (χ3n) is 3.74. The lowest BCUT2D eigenvalue weighted by atomic mass is 10.0. The molecule has 4 heteroatoms. The number of rotatable bonds is 4. The molecular weight excluding hydrogens is 248 g/mol. The molecule has 1 aromatic rings. The minimum atomic E-state index is 0.0349. The van der Waals surface area contributed by atoms with Crippen LogP contribution in [0.15, 0.2) is 18.2 Å². The summed E-state index contributed by atoms with van der Waals surface area (Å²) in [4.78, 5) is 7.15. The number of anilines is 1. The first-order valence-electron chi connectivity index (χ1n) is 7.69. The lowest BCUT2D eigenvalue weighted by Crippen LogP contribution is -2.54. The molecule has 3 N–H and O–H groups in total. The van der Waals surface area contributed by atoms with Crippen LogP contribution in [0.4, 0.5) is 5.82 Å². The van der Waals surface area contributed by atoms with Crippen molar-refractivity contribution in [2.75, 3.05) is 18.0 Å². The zero-order valence-corrected chi connectivity index (χ0v) is 13.1. The molecule has 0 aromatic carbocycles. The van der Waals surface area contributed by atoms with Gasteiger partial charge in [-0.1, -0.05) is 19.9 Å². The van der Waals surface area contributed by atoms with Crippen molar-refractivity contribution in [3.05, 3.63) is 23.9 Å². The van der Waals surface area contributed by atoms with Crippen LogP contribution in [-0.4, -0.2) is 30.2 Å². The number of pyridine rings is 1. The molecule has 0 amide bonds. The average molecular weight is 276 g/mol. The van der Waals surface area contributed by atoms with Crippen LogP contribution < -0.4 is 16.0 Å². The Morgan fingerprint density at radius 3 is 2.55 bits per heavy atom. The summed E-state index contributed by atoms with van der Waals surface area (Å²) >= 11 is 0. The van der Waals surface area contributed by atoms with Gasteiger partial charge in [-0.3, -0.25) is 0 Å². The Bertz CT molecular complexity index is 422. The molecular formula is C16H28N4. The van der Waals surface area contributed by atoms with Crippen LogP contribution in [0, 0.1) is 5.92 Å². The molecule has 2 rings (SSSR count). The molecule has 0 saturated carbocycles. The highest BCUT2D eigenvalue weighted by atomic mass is 15.3. The number of hydrogen-bond acceptors (Lipinski definition) is 4. The van der Waals surface area contributed by atoms with Gasteiger partial charge in [0.25, 0.3) is 0 Å². The normalized spacial score (nSPS) is 25.0. The fourth-order valence-corrected chi connectivity index (χ4v) is 2.96. The molecule has 2 heterocycles. The molecule has 1 saturated heterocycles. The molecule has 1 fully saturated rings. The smallest absolute Gasteiger partial charge is 0.128 e. The Hall–Kier alpha value is -1.13. The zero-order valence-electron chi connectivity index (χ0n) is 13.1. The topological polar surface area (TPSA) is 54.2 Å². The van der Waals surface area contributed by atoms with Crippen LogP contribution in [0.1, 0.15) is 45.9 Å². The Balaban J connectivity index is 2.12. The molecule has 3 atom stereocenters. The van der Waals surface area contributed by atoms with E-state index in [0.717, 1.165) is 31.0 Å². The van der Waals surface area contributed by atoms with Crippen LogP contribution in [0.25, 0.3) is 0 Å². The van der Waals surface area contributed by atoms with Crippen molar-refractivity contribution < 1.29 is 0 Å². The van der Waals surface area contributed by atoms with Gasteiger partial charge < -0.3 is 16.0 Å². The van der Waals surface area contributed by atoms with Crippen LogP contribution in [0.5, 0.6) is 0 Å². The number of nitrogens with one attached hydrogen (secondary N) is 1. The van der Waals surface area contributed by atoms with E-state index < -0.39 is 0 Å². The van der Waals surface area contributed by atoms with E-state index in [1.165, 1.54) is 0 Å². The Morgan fingerprint density at radius 2 is 1.95 bits per heavy atom. The zero-order chi connectivity index (χ0) is 14.7. The highest BCUT2D eigenvalue weighted by Crippen LogP contribution is 2.21. The van der Waals surface area contributed by atoms with Crippen molar-refractivity contribution in [2.45, 2.75) is 52.2 Å². The maximum absolute atomic E-state index is 6.26. The van der Waals surface area contributed by atoms with E-state index in [-0.39, 0.29) is 6.04 Å². The predicted octanol–water partition coefficient (Wildman–Crippen LogP) is 2.31. The maximum Gasteiger partial charge on any atom is 0.128 e. The number of piperazine rings is 1. The average Bonchev–Trinajstić information content (AvgIpc) is 2.37. The van der Waals surface area contributed by atoms with Gasteiger partial charge >= 0.3 is 0 Å². The molecule has 0 bridgehead atoms. The standard InChI is InChI=1S/C16H28N4/c1-11(2)8-14(17)15-6-5-7-16(19-15)20-9-12(3)18-13(4)10-20/h5-7,11-14,18H,8-10,17H2,1-4H3/t12-,13+,14?. The molecule has 4 nitrogen and oxygen atoms in total. The summed E-state index contributed by atoms with van der Waals surface area (Å²) < 4.78 is 0. The number of nitrogens with two attached hydrogens (primary N) is 1. The number of nitrogens with zero attached hydrogens (tertiary/aromatic N) is 2. The first kappa shape index (κ1) is 15.3. The summed E-state index contributed by atoms with van der Waals surface area (Å²) in [5.74, 6) is 1.65. The molecule has 0 radical (unpaired) electrons. The monoisotopic (exact) mass is 276 g/mol. The van der Waals surface area contributed by atoms with Gasteiger partial charge in [0.2, 0.25) is 0 Å². The number of aromatic nitrogens is 1. The van der Waals surface area contributed by atoms with E-state index in [2.05, 4.69) is 50.0 Å². The van der Waals surface area contributed by atoms with E-state index in [1.54, 1.807) is 0 Å². The van der Waals surface area contributed by atoms with Gasteiger partial charge in [0.1, 0.15) is 5.82 Å². The minimum Gasteiger partial charge on any atom is -0.354 e. The first-order valence-corrected chi connectivity index (χ1v) is 7.69. The van der Waals surface area contributed by atoms with Gasteiger partial charge in [-0.25, -0.2) is 4.98 Å². The second-order valence-electron chi connectivity index (χ2n) is 6.53. The van der Waals surface area contributed by atoms with E-state index in [9.17, 15) is 0 Å². The molecule has 1 aromatic heterocycles. The van der Waals surface area contributed by atoms with E-state index in [0.29, 0.717) is 18.0 Å². The SMILES string of the molecule is CC(C)CC(N)c1cccc(N2C[C@@H](C)N[C@@H](C)C2)n1. The molecule has 1 aliphatic heterocycles. The predicted molar refractivity (Wildman–Crippen MR) is 84.9 cm³/mol. The lowest BCUT2D eigenvalue weighted by molar-refractivity contribution is 0.404. The van der Waals surface area contributed by atoms with Crippen LogP contribution in [-0.2, 0) is 0 Å². The van der Waals surface area contributed by atoms with Crippen molar-refractivity contribution in [3.63, 3.8) is 0 Å². The van der Waals surface area contributed by atoms with E-state index in [4.69, 9.17) is 10.7 Å². The third kappa shape index (κ3) is 3.93. The van der Waals surface area contributed by atoms with Gasteiger partial charge in [-0.05, 0) is 38.3 Å². The quantitative estimate of drug-likeness (QED) is 0.886. The van der Waals surface area contributed by atoms with Crippen molar-refractivity contribution in [3.8, 4) is 0 Å². The summed E-state index contributed by atoms with van der Waals surface area (Å²) in [5.41, 5.74) is 7.26. The Morgan fingerprint density at radius 1 is 1.30 bits per heavy atom. The minimum absolute atomic E-state index is 0.0349. The van der Waals surface area contributed by atoms with Crippen molar-refractivity contribution in [1.29, 1.82) is 0 Å². The number of hydrogen-bond donors (Lipinski definition) is 2. The highest BCUT2D eigenvalue weighted by molar-refractivity contribution is 5.41. The van der Waals surface area contributed by atoms with Gasteiger partial charge in [-0.2, -0.15) is 0 Å². The van der Waals surface area contributed by atoms with E-state index >= 15 is 0 Å². The maximum atomic E-state index is 6.26. The third-order valence-corrected chi connectivity index (χ3v) is 3.74. The van der Waals surface area contributed by atoms with E-state index in [1.807, 2.05) is 6.07 Å². The lowest BCUT2D eigenvalue weighted by Gasteiger charge is -2.37. The fraction of sp³-hybridized carbons (Fsp3) is 0.688. The molecule has 0 aliphatic carbocycles. The summed E-state index contributed by atoms with van der Waals surface area (Å²) in [6.45, 7) is 10.8. The van der Waals surface area contributed by atoms with Gasteiger partial charge in [0, 0.05) is 31.2 Å². The Kier molecular flexibility index (Phi) is 5.00. The first-order chi connectivity index (χ1) is 9.45. The molecule has 0 spiro atoms. The summed E-state index contributed by atoms with van der Waals surface area (Å²) in [7, 11) is 0. The summed E-state index contributed by atoms with van der Waals surface area (Å²) in [6.07, 6.45) is 0.977. The van der Waals surface area contributed by atoms with Crippen LogP contribution >= 0.6 is 0 Å². The molecule has 20 heavy (non-hydrogen) atoms. The van der Waals surface area contributed by atoms with Gasteiger partial charge in [0.05, 0.1) is 5.69 Å². The summed E-state index contributed by atoms with van der Waals surface area (Å²) in [6, 6.07) is 7.24. The van der Waals surface area contributed by atoms with Gasteiger partial charge in [0.15, 0.2) is 0 Å². The van der Waals surface area contributed by atoms with Crippen molar-refractivity contribution in [1.82, 2.24) is 10.3 Å².